The summed E-state index contributed by atoms with van der Waals surface area (Å²) < 4.78 is 15.1. The second-order valence-corrected chi connectivity index (χ2v) is 6.58. The van der Waals surface area contributed by atoms with Crippen LogP contribution in [0.3, 0.4) is 0 Å². The van der Waals surface area contributed by atoms with Crippen molar-refractivity contribution in [2.75, 3.05) is 11.1 Å². The molecule has 122 valence electrons. The minimum atomic E-state index is -0.372. The minimum absolute atomic E-state index is 0.184. The van der Waals surface area contributed by atoms with Gasteiger partial charge in [0, 0.05) is 5.69 Å². The average molecular weight is 335 g/mol. The normalized spacial score (nSPS) is 15.0. The van der Waals surface area contributed by atoms with Gasteiger partial charge in [-0.1, -0.05) is 30.7 Å². The number of tetrazole rings is 1. The number of carbonyl (C=O) groups is 1. The lowest BCUT2D eigenvalue weighted by atomic mass is 10.2. The quantitative estimate of drug-likeness (QED) is 0.851. The van der Waals surface area contributed by atoms with Crippen molar-refractivity contribution < 1.29 is 9.18 Å². The van der Waals surface area contributed by atoms with Crippen molar-refractivity contribution in [3.63, 3.8) is 0 Å². The molecule has 1 aliphatic rings. The number of benzene rings is 1. The fourth-order valence-corrected chi connectivity index (χ4v) is 3.45. The predicted octanol–water partition coefficient (Wildman–Crippen LogP) is 2.97. The lowest BCUT2D eigenvalue weighted by Gasteiger charge is -2.11. The van der Waals surface area contributed by atoms with Crippen molar-refractivity contribution in [1.29, 1.82) is 0 Å². The number of hydrogen-bond acceptors (Lipinski definition) is 5. The van der Waals surface area contributed by atoms with Crippen LogP contribution in [0.5, 0.6) is 0 Å². The lowest BCUT2D eigenvalue weighted by molar-refractivity contribution is -0.113. The first-order valence-electron chi connectivity index (χ1n) is 7.60. The molecule has 0 radical (unpaired) electrons. The molecule has 1 heterocycles. The highest BCUT2D eigenvalue weighted by atomic mass is 32.2. The summed E-state index contributed by atoms with van der Waals surface area (Å²) in [7, 11) is 0. The molecular formula is C15H18FN5OS. The van der Waals surface area contributed by atoms with Crippen LogP contribution in [-0.4, -0.2) is 31.9 Å². The molecule has 1 amide bonds. The molecule has 0 bridgehead atoms. The van der Waals surface area contributed by atoms with Crippen LogP contribution in [0.1, 0.15) is 37.3 Å². The third-order valence-electron chi connectivity index (χ3n) is 3.94. The number of hydrogen-bond donors (Lipinski definition) is 1. The molecular weight excluding hydrogens is 317 g/mol. The van der Waals surface area contributed by atoms with Crippen LogP contribution >= 0.6 is 11.8 Å². The number of anilines is 1. The first kappa shape index (κ1) is 15.9. The van der Waals surface area contributed by atoms with Crippen molar-refractivity contribution in [2.45, 2.75) is 43.8 Å². The van der Waals surface area contributed by atoms with E-state index in [4.69, 9.17) is 0 Å². The molecule has 1 aliphatic carbocycles. The van der Waals surface area contributed by atoms with Gasteiger partial charge in [-0.2, -0.15) is 0 Å². The average Bonchev–Trinajstić information content (AvgIpc) is 3.19. The maximum atomic E-state index is 13.2. The number of thioether (sulfide) groups is 1. The Kier molecular flexibility index (Phi) is 4.90. The highest BCUT2D eigenvalue weighted by Crippen LogP contribution is 2.31. The van der Waals surface area contributed by atoms with E-state index in [2.05, 4.69) is 20.8 Å². The van der Waals surface area contributed by atoms with Crippen LogP contribution in [0.4, 0.5) is 10.1 Å². The van der Waals surface area contributed by atoms with Crippen LogP contribution in [0.15, 0.2) is 23.4 Å². The number of amides is 1. The van der Waals surface area contributed by atoms with Gasteiger partial charge >= 0.3 is 0 Å². The zero-order valence-corrected chi connectivity index (χ0v) is 13.6. The molecule has 2 aromatic rings. The van der Waals surface area contributed by atoms with Gasteiger partial charge in [0.25, 0.3) is 0 Å². The van der Waals surface area contributed by atoms with Crippen LogP contribution in [0.2, 0.25) is 0 Å². The van der Waals surface area contributed by atoms with Gasteiger partial charge in [0.15, 0.2) is 0 Å². The number of nitrogens with one attached hydrogen (secondary N) is 1. The van der Waals surface area contributed by atoms with Crippen molar-refractivity contribution in [3.8, 4) is 0 Å². The number of halogens is 1. The van der Waals surface area contributed by atoms with E-state index in [0.717, 1.165) is 18.4 Å². The number of nitrogens with zero attached hydrogens (tertiary/aromatic N) is 4. The summed E-state index contributed by atoms with van der Waals surface area (Å²) in [6.07, 6.45) is 4.53. The summed E-state index contributed by atoms with van der Waals surface area (Å²) in [5.74, 6) is -0.392. The van der Waals surface area contributed by atoms with E-state index in [1.165, 1.54) is 36.7 Å². The van der Waals surface area contributed by atoms with Gasteiger partial charge < -0.3 is 5.32 Å². The fraction of sp³-hybridized carbons (Fsp3) is 0.467. The van der Waals surface area contributed by atoms with Crippen molar-refractivity contribution in [3.05, 3.63) is 29.6 Å². The van der Waals surface area contributed by atoms with Gasteiger partial charge in [0.2, 0.25) is 11.1 Å². The molecule has 1 aromatic heterocycles. The summed E-state index contributed by atoms with van der Waals surface area (Å²) >= 11 is 1.30. The number of aromatic nitrogens is 4. The predicted molar refractivity (Wildman–Crippen MR) is 85.8 cm³/mol. The van der Waals surface area contributed by atoms with Crippen LogP contribution in [-0.2, 0) is 4.79 Å². The van der Waals surface area contributed by atoms with Crippen LogP contribution in [0, 0.1) is 12.7 Å². The van der Waals surface area contributed by atoms with Crippen LogP contribution in [0.25, 0.3) is 0 Å². The molecule has 0 atom stereocenters. The van der Waals surface area contributed by atoms with E-state index in [0.29, 0.717) is 16.9 Å². The Labute approximate surface area is 137 Å². The zero-order valence-electron chi connectivity index (χ0n) is 12.8. The van der Waals surface area contributed by atoms with Gasteiger partial charge in [-0.3, -0.25) is 4.79 Å². The van der Waals surface area contributed by atoms with Gasteiger partial charge in [0.05, 0.1) is 11.8 Å². The Balaban J connectivity index is 1.59. The van der Waals surface area contributed by atoms with E-state index < -0.39 is 0 Å². The smallest absolute Gasteiger partial charge is 0.234 e. The maximum absolute atomic E-state index is 13.2. The molecule has 0 unspecified atom stereocenters. The first-order chi connectivity index (χ1) is 11.1. The molecule has 1 fully saturated rings. The van der Waals surface area contributed by atoms with Gasteiger partial charge in [0.1, 0.15) is 5.82 Å². The molecule has 6 nitrogen and oxygen atoms in total. The third kappa shape index (κ3) is 3.87. The molecule has 23 heavy (non-hydrogen) atoms. The number of rotatable bonds is 5. The zero-order chi connectivity index (χ0) is 16.2. The van der Waals surface area contributed by atoms with Crippen molar-refractivity contribution in [1.82, 2.24) is 20.2 Å². The SMILES string of the molecule is Cc1ccc(F)cc1NC(=O)CSc1nnnn1C1CCCC1. The van der Waals surface area contributed by atoms with Crippen molar-refractivity contribution >= 4 is 23.4 Å². The summed E-state index contributed by atoms with van der Waals surface area (Å²) in [6, 6.07) is 4.66. The molecule has 0 saturated heterocycles. The van der Waals surface area contributed by atoms with Gasteiger partial charge in [-0.15, -0.1) is 5.10 Å². The van der Waals surface area contributed by atoms with E-state index in [-0.39, 0.29) is 17.5 Å². The fourth-order valence-electron chi connectivity index (χ4n) is 2.70. The van der Waals surface area contributed by atoms with Gasteiger partial charge in [-0.05, 0) is 47.9 Å². The molecule has 8 heteroatoms. The monoisotopic (exact) mass is 335 g/mol. The summed E-state index contributed by atoms with van der Waals surface area (Å²) in [5.41, 5.74) is 1.31. The Hall–Kier alpha value is -1.96. The third-order valence-corrected chi connectivity index (χ3v) is 4.87. The first-order valence-corrected chi connectivity index (χ1v) is 8.59. The lowest BCUT2D eigenvalue weighted by Crippen LogP contribution is -2.16. The van der Waals surface area contributed by atoms with E-state index >= 15 is 0 Å². The number of carbonyl (C=O) groups excluding carboxylic acids is 1. The molecule has 1 aromatic carbocycles. The second kappa shape index (κ2) is 7.08. The standard InChI is InChI=1S/C15H18FN5OS/c1-10-6-7-11(16)8-13(10)17-14(22)9-23-15-18-19-20-21(15)12-4-2-3-5-12/h6-8,12H,2-5,9H2,1H3,(H,17,22). The highest BCUT2D eigenvalue weighted by molar-refractivity contribution is 7.99. The Morgan fingerprint density at radius 1 is 1.43 bits per heavy atom. The van der Waals surface area contributed by atoms with E-state index in [1.807, 2.05) is 11.6 Å². The largest absolute Gasteiger partial charge is 0.325 e. The summed E-state index contributed by atoms with van der Waals surface area (Å²) in [5, 5.41) is 15.1. The second-order valence-electron chi connectivity index (χ2n) is 5.64. The van der Waals surface area contributed by atoms with E-state index in [1.54, 1.807) is 6.07 Å². The molecule has 1 N–H and O–H groups in total. The highest BCUT2D eigenvalue weighted by Gasteiger charge is 2.22. The molecule has 3 rings (SSSR count). The Morgan fingerprint density at radius 2 is 2.22 bits per heavy atom. The Morgan fingerprint density at radius 3 is 3.00 bits per heavy atom. The molecule has 0 spiro atoms. The van der Waals surface area contributed by atoms with E-state index in [9.17, 15) is 9.18 Å². The number of aryl methyl sites for hydroxylation is 1. The summed E-state index contributed by atoms with van der Waals surface area (Å²) in [6.45, 7) is 1.82. The topological polar surface area (TPSA) is 72.7 Å². The van der Waals surface area contributed by atoms with Gasteiger partial charge in [-0.25, -0.2) is 9.07 Å². The summed E-state index contributed by atoms with van der Waals surface area (Å²) in [4.78, 5) is 12.1. The molecule has 0 aliphatic heterocycles. The Bertz CT molecular complexity index is 699. The maximum Gasteiger partial charge on any atom is 0.234 e. The minimum Gasteiger partial charge on any atom is -0.325 e. The molecule has 1 saturated carbocycles. The van der Waals surface area contributed by atoms with Crippen LogP contribution < -0.4 is 5.32 Å². The van der Waals surface area contributed by atoms with Crippen molar-refractivity contribution in [2.24, 2.45) is 0 Å².